The molecule has 5 rings (SSSR count). The first-order valence-corrected chi connectivity index (χ1v) is 12.3. The lowest BCUT2D eigenvalue weighted by Crippen LogP contribution is -2.54. The number of ether oxygens (including phenoxy) is 2. The van der Waals surface area contributed by atoms with Gasteiger partial charge in [-0.3, -0.25) is 19.8 Å². The molecule has 192 valence electrons. The summed E-state index contributed by atoms with van der Waals surface area (Å²) in [5, 5.41) is 12.0. The topological polar surface area (TPSA) is 108 Å². The number of thiocarbonyl (C=S) groups is 1. The molecule has 0 atom stereocenters. The summed E-state index contributed by atoms with van der Waals surface area (Å²) in [4.78, 5) is 41.3. The van der Waals surface area contributed by atoms with Crippen LogP contribution in [0, 0.1) is 0 Å². The zero-order valence-corrected chi connectivity index (χ0v) is 20.9. The van der Waals surface area contributed by atoms with Crippen LogP contribution in [-0.4, -0.2) is 54.3 Å². The molecule has 10 heteroatoms. The molecule has 2 aliphatic heterocycles. The van der Waals surface area contributed by atoms with Crippen molar-refractivity contribution in [2.75, 3.05) is 36.1 Å². The number of carbonyl (C=O) groups is 3. The zero-order valence-electron chi connectivity index (χ0n) is 20.1. The van der Waals surface area contributed by atoms with Crippen LogP contribution in [0.15, 0.2) is 78.4 Å². The third-order valence-electron chi connectivity index (χ3n) is 6.10. The summed E-state index contributed by atoms with van der Waals surface area (Å²) in [7, 11) is 0. The van der Waals surface area contributed by atoms with Crippen LogP contribution < -0.4 is 19.9 Å². The minimum Gasteiger partial charge on any atom is -0.478 e. The second kappa shape index (κ2) is 10.8. The summed E-state index contributed by atoms with van der Waals surface area (Å²) in [6.07, 6.45) is 1.41. The first kappa shape index (κ1) is 25.1. The van der Waals surface area contributed by atoms with Crippen molar-refractivity contribution in [1.82, 2.24) is 5.32 Å². The van der Waals surface area contributed by atoms with Crippen LogP contribution in [-0.2, 0) is 14.3 Å². The maximum absolute atomic E-state index is 13.6. The number of rotatable bonds is 6. The lowest BCUT2D eigenvalue weighted by molar-refractivity contribution is -0.122. The SMILES string of the molecule is O=C1NC(=S)N(c2ccc(Oc3ccccc3)cc2)C(=O)/C1=C/c1cc(C(=O)O)ccc1N1CCOCC1. The summed E-state index contributed by atoms with van der Waals surface area (Å²) >= 11 is 5.32. The molecular weight excluding hydrogens is 506 g/mol. The average Bonchev–Trinajstić information content (AvgIpc) is 2.93. The number of carboxylic acids is 1. The fourth-order valence-corrected chi connectivity index (χ4v) is 4.51. The first-order chi connectivity index (χ1) is 18.4. The number of morpholine rings is 1. The van der Waals surface area contributed by atoms with Crippen molar-refractivity contribution in [2.24, 2.45) is 0 Å². The Morgan fingerprint density at radius 2 is 1.66 bits per heavy atom. The number of para-hydroxylation sites is 1. The van der Waals surface area contributed by atoms with E-state index in [9.17, 15) is 19.5 Å². The van der Waals surface area contributed by atoms with Gasteiger partial charge in [0.15, 0.2) is 5.11 Å². The van der Waals surface area contributed by atoms with E-state index in [0.717, 1.165) is 0 Å². The van der Waals surface area contributed by atoms with Crippen molar-refractivity contribution < 1.29 is 29.0 Å². The smallest absolute Gasteiger partial charge is 0.335 e. The van der Waals surface area contributed by atoms with Crippen LogP contribution >= 0.6 is 12.2 Å². The Bertz CT molecular complexity index is 1430. The number of carbonyl (C=O) groups excluding carboxylic acids is 2. The number of amides is 2. The number of nitrogens with zero attached hydrogens (tertiary/aromatic N) is 2. The predicted molar refractivity (Wildman–Crippen MR) is 146 cm³/mol. The van der Waals surface area contributed by atoms with E-state index in [1.54, 1.807) is 30.3 Å². The quantitative estimate of drug-likeness (QED) is 0.282. The van der Waals surface area contributed by atoms with Crippen LogP contribution in [0.25, 0.3) is 6.08 Å². The van der Waals surface area contributed by atoms with Crippen molar-refractivity contribution in [3.05, 3.63) is 89.5 Å². The molecule has 2 amide bonds. The highest BCUT2D eigenvalue weighted by atomic mass is 32.1. The Balaban J connectivity index is 1.47. The molecule has 0 bridgehead atoms. The highest BCUT2D eigenvalue weighted by molar-refractivity contribution is 7.80. The van der Waals surface area contributed by atoms with Gasteiger partial charge in [-0.25, -0.2) is 4.79 Å². The van der Waals surface area contributed by atoms with E-state index >= 15 is 0 Å². The number of carboxylic acid groups (broad SMARTS) is 1. The van der Waals surface area contributed by atoms with Gasteiger partial charge in [0.1, 0.15) is 17.1 Å². The first-order valence-electron chi connectivity index (χ1n) is 11.9. The van der Waals surface area contributed by atoms with E-state index in [-0.39, 0.29) is 16.2 Å². The number of hydrogen-bond acceptors (Lipinski definition) is 7. The van der Waals surface area contributed by atoms with Crippen molar-refractivity contribution >= 4 is 52.6 Å². The van der Waals surface area contributed by atoms with Gasteiger partial charge in [0, 0.05) is 18.8 Å². The largest absolute Gasteiger partial charge is 0.478 e. The second-order valence-electron chi connectivity index (χ2n) is 8.55. The lowest BCUT2D eigenvalue weighted by Gasteiger charge is -2.31. The molecule has 2 aliphatic rings. The van der Waals surface area contributed by atoms with Crippen LogP contribution in [0.3, 0.4) is 0 Å². The Hall–Kier alpha value is -4.54. The number of nitrogens with one attached hydrogen (secondary N) is 1. The van der Waals surface area contributed by atoms with Gasteiger partial charge in [0.2, 0.25) is 0 Å². The Morgan fingerprint density at radius 1 is 0.974 bits per heavy atom. The summed E-state index contributed by atoms with van der Waals surface area (Å²) in [5.74, 6) is -1.16. The third kappa shape index (κ3) is 5.26. The maximum Gasteiger partial charge on any atom is 0.335 e. The zero-order chi connectivity index (χ0) is 26.6. The van der Waals surface area contributed by atoms with Gasteiger partial charge in [0.25, 0.3) is 11.8 Å². The van der Waals surface area contributed by atoms with E-state index in [2.05, 4.69) is 5.32 Å². The number of benzene rings is 3. The summed E-state index contributed by atoms with van der Waals surface area (Å²) in [6.45, 7) is 2.22. The van der Waals surface area contributed by atoms with Gasteiger partial charge in [-0.2, -0.15) is 0 Å². The van der Waals surface area contributed by atoms with E-state index in [4.69, 9.17) is 21.7 Å². The monoisotopic (exact) mass is 529 g/mol. The highest BCUT2D eigenvalue weighted by Gasteiger charge is 2.35. The molecule has 0 unspecified atom stereocenters. The fraction of sp³-hybridized carbons (Fsp3) is 0.143. The van der Waals surface area contributed by atoms with Gasteiger partial charge in [-0.05, 0) is 78.5 Å². The molecule has 2 N–H and O–H groups in total. The van der Waals surface area contributed by atoms with Gasteiger partial charge in [0.05, 0.1) is 24.5 Å². The van der Waals surface area contributed by atoms with Gasteiger partial charge < -0.3 is 19.5 Å². The maximum atomic E-state index is 13.6. The summed E-state index contributed by atoms with van der Waals surface area (Å²) < 4.78 is 11.2. The lowest BCUT2D eigenvalue weighted by atomic mass is 10.0. The Labute approximate surface area is 223 Å². The third-order valence-corrected chi connectivity index (χ3v) is 6.39. The van der Waals surface area contributed by atoms with Crippen molar-refractivity contribution in [1.29, 1.82) is 0 Å². The number of aromatic carboxylic acids is 1. The molecule has 2 saturated heterocycles. The molecule has 0 saturated carbocycles. The van der Waals surface area contributed by atoms with E-state index < -0.39 is 17.8 Å². The van der Waals surface area contributed by atoms with Gasteiger partial charge >= 0.3 is 5.97 Å². The molecule has 9 nitrogen and oxygen atoms in total. The minimum atomic E-state index is -1.11. The minimum absolute atomic E-state index is 0.0407. The molecule has 2 fully saturated rings. The number of anilines is 2. The average molecular weight is 530 g/mol. The Kier molecular flexibility index (Phi) is 7.16. The Morgan fingerprint density at radius 3 is 2.34 bits per heavy atom. The molecule has 0 radical (unpaired) electrons. The van der Waals surface area contributed by atoms with Crippen LogP contribution in [0.1, 0.15) is 15.9 Å². The molecule has 0 aromatic heterocycles. The molecular formula is C28H23N3O6S. The van der Waals surface area contributed by atoms with E-state index in [1.165, 1.54) is 23.1 Å². The predicted octanol–water partition coefficient (Wildman–Crippen LogP) is 3.85. The molecule has 2 heterocycles. The van der Waals surface area contributed by atoms with Crippen LogP contribution in [0.5, 0.6) is 11.5 Å². The van der Waals surface area contributed by atoms with Gasteiger partial charge in [-0.1, -0.05) is 18.2 Å². The standard InChI is InChI=1S/C28H23N3O6S/c32-25-23(17-19-16-18(27(34)35)6-11-24(19)30-12-14-36-15-13-30)26(33)31(28(38)29-25)20-7-9-22(10-8-20)37-21-4-2-1-3-5-21/h1-11,16-17H,12-15H2,(H,34,35)(H,29,32,38)/b23-17+. The van der Waals surface area contributed by atoms with E-state index in [0.29, 0.717) is 54.7 Å². The van der Waals surface area contributed by atoms with Crippen molar-refractivity contribution in [3.63, 3.8) is 0 Å². The second-order valence-corrected chi connectivity index (χ2v) is 8.93. The van der Waals surface area contributed by atoms with Crippen molar-refractivity contribution in [2.45, 2.75) is 0 Å². The van der Waals surface area contributed by atoms with Gasteiger partial charge in [-0.15, -0.1) is 0 Å². The van der Waals surface area contributed by atoms with Crippen molar-refractivity contribution in [3.8, 4) is 11.5 Å². The molecule has 3 aromatic rings. The normalized spacial score (nSPS) is 16.9. The molecule has 38 heavy (non-hydrogen) atoms. The molecule has 0 spiro atoms. The van der Waals surface area contributed by atoms with Crippen LogP contribution in [0.2, 0.25) is 0 Å². The molecule has 3 aromatic carbocycles. The van der Waals surface area contributed by atoms with Crippen LogP contribution in [0.4, 0.5) is 11.4 Å². The van der Waals surface area contributed by atoms with E-state index in [1.807, 2.05) is 35.2 Å². The molecule has 0 aliphatic carbocycles. The summed E-state index contributed by atoms with van der Waals surface area (Å²) in [5.41, 5.74) is 1.45. The summed E-state index contributed by atoms with van der Waals surface area (Å²) in [6, 6.07) is 20.6. The number of hydrogen-bond donors (Lipinski definition) is 2. The fourth-order valence-electron chi connectivity index (χ4n) is 4.23. The highest BCUT2D eigenvalue weighted by Crippen LogP contribution is 2.30.